The van der Waals surface area contributed by atoms with Crippen molar-refractivity contribution in [2.75, 3.05) is 12.9 Å². The SMILES string of the molecule is COC(=O)c1ccc(/C=N/NC(=O)CSc2ncccn2)cc1. The van der Waals surface area contributed by atoms with Crippen LogP contribution in [0, 0.1) is 0 Å². The Morgan fingerprint density at radius 3 is 2.61 bits per heavy atom. The number of nitrogens with zero attached hydrogens (tertiary/aromatic N) is 3. The third-order valence-electron chi connectivity index (χ3n) is 2.61. The molecule has 0 aliphatic heterocycles. The van der Waals surface area contributed by atoms with Gasteiger partial charge in [0.05, 0.1) is 24.6 Å². The van der Waals surface area contributed by atoms with E-state index in [1.165, 1.54) is 25.1 Å². The predicted molar refractivity (Wildman–Crippen MR) is 86.3 cm³/mol. The van der Waals surface area contributed by atoms with Gasteiger partial charge < -0.3 is 4.74 Å². The summed E-state index contributed by atoms with van der Waals surface area (Å²) in [5.41, 5.74) is 3.61. The largest absolute Gasteiger partial charge is 0.465 e. The van der Waals surface area contributed by atoms with Gasteiger partial charge in [-0.2, -0.15) is 5.10 Å². The smallest absolute Gasteiger partial charge is 0.337 e. The number of nitrogens with one attached hydrogen (secondary N) is 1. The van der Waals surface area contributed by atoms with E-state index in [0.29, 0.717) is 10.7 Å². The van der Waals surface area contributed by atoms with Crippen molar-refractivity contribution in [2.24, 2.45) is 5.10 Å². The first-order valence-electron chi connectivity index (χ1n) is 6.59. The zero-order valence-electron chi connectivity index (χ0n) is 12.3. The number of amides is 1. The Morgan fingerprint density at radius 1 is 1.26 bits per heavy atom. The van der Waals surface area contributed by atoms with Crippen molar-refractivity contribution in [2.45, 2.75) is 5.16 Å². The van der Waals surface area contributed by atoms with E-state index in [9.17, 15) is 9.59 Å². The van der Waals surface area contributed by atoms with Crippen LogP contribution < -0.4 is 5.43 Å². The molecule has 0 fully saturated rings. The maximum Gasteiger partial charge on any atom is 0.337 e. The Kier molecular flexibility index (Phi) is 6.25. The lowest BCUT2D eigenvalue weighted by Crippen LogP contribution is -2.19. The van der Waals surface area contributed by atoms with Gasteiger partial charge in [0.1, 0.15) is 0 Å². The quantitative estimate of drug-likeness (QED) is 0.284. The average molecular weight is 330 g/mol. The van der Waals surface area contributed by atoms with Gasteiger partial charge in [-0.1, -0.05) is 23.9 Å². The number of carbonyl (C=O) groups excluding carboxylic acids is 2. The molecule has 1 aromatic heterocycles. The normalized spacial score (nSPS) is 10.5. The minimum Gasteiger partial charge on any atom is -0.465 e. The molecule has 7 nitrogen and oxygen atoms in total. The fourth-order valence-corrected chi connectivity index (χ4v) is 2.12. The first-order chi connectivity index (χ1) is 11.2. The van der Waals surface area contributed by atoms with Crippen LogP contribution in [0.3, 0.4) is 0 Å². The third-order valence-corrected chi connectivity index (χ3v) is 3.48. The number of hydrogen-bond acceptors (Lipinski definition) is 7. The maximum absolute atomic E-state index is 11.6. The van der Waals surface area contributed by atoms with Crippen LogP contribution in [0.15, 0.2) is 53.0 Å². The fraction of sp³-hybridized carbons (Fsp3) is 0.133. The molecule has 0 aliphatic rings. The van der Waals surface area contributed by atoms with Crippen molar-refractivity contribution >= 4 is 29.9 Å². The molecule has 1 aromatic carbocycles. The van der Waals surface area contributed by atoms with E-state index >= 15 is 0 Å². The summed E-state index contributed by atoms with van der Waals surface area (Å²) in [4.78, 5) is 30.9. The molecule has 0 saturated carbocycles. The molecule has 2 aromatic rings. The Balaban J connectivity index is 1.79. The standard InChI is InChI=1S/C15H14N4O3S/c1-22-14(21)12-5-3-11(4-6-12)9-18-19-13(20)10-23-15-16-7-2-8-17-15/h2-9H,10H2,1H3,(H,19,20)/b18-9+. The first kappa shape index (κ1) is 16.6. The van der Waals surface area contributed by atoms with E-state index in [1.807, 2.05) is 0 Å². The highest BCUT2D eigenvalue weighted by Crippen LogP contribution is 2.09. The first-order valence-corrected chi connectivity index (χ1v) is 7.57. The fourth-order valence-electron chi connectivity index (χ4n) is 1.52. The van der Waals surface area contributed by atoms with Gasteiger partial charge in [0, 0.05) is 12.4 Å². The summed E-state index contributed by atoms with van der Waals surface area (Å²) in [6.45, 7) is 0. The summed E-state index contributed by atoms with van der Waals surface area (Å²) in [7, 11) is 1.33. The lowest BCUT2D eigenvalue weighted by atomic mass is 10.1. The van der Waals surface area contributed by atoms with Crippen LogP contribution in [0.2, 0.25) is 0 Å². The number of aromatic nitrogens is 2. The van der Waals surface area contributed by atoms with Gasteiger partial charge in [0.15, 0.2) is 5.16 Å². The molecule has 8 heteroatoms. The van der Waals surface area contributed by atoms with Gasteiger partial charge in [-0.25, -0.2) is 20.2 Å². The number of hydrogen-bond donors (Lipinski definition) is 1. The molecule has 0 atom stereocenters. The van der Waals surface area contributed by atoms with Crippen LogP contribution in [0.4, 0.5) is 0 Å². The molecule has 23 heavy (non-hydrogen) atoms. The average Bonchev–Trinajstić information content (AvgIpc) is 2.61. The van der Waals surface area contributed by atoms with Crippen LogP contribution in [-0.2, 0) is 9.53 Å². The number of ether oxygens (including phenoxy) is 1. The van der Waals surface area contributed by atoms with E-state index in [2.05, 4.69) is 25.2 Å². The van der Waals surface area contributed by atoms with Gasteiger partial charge >= 0.3 is 5.97 Å². The van der Waals surface area contributed by atoms with Crippen molar-refractivity contribution in [1.82, 2.24) is 15.4 Å². The molecule has 0 aliphatic carbocycles. The second-order valence-corrected chi connectivity index (χ2v) is 5.17. The van der Waals surface area contributed by atoms with Crippen LogP contribution in [-0.4, -0.2) is 40.9 Å². The molecule has 2 rings (SSSR count). The molecular weight excluding hydrogens is 316 g/mol. The summed E-state index contributed by atoms with van der Waals surface area (Å²) in [5, 5.41) is 4.39. The Hall–Kier alpha value is -2.74. The van der Waals surface area contributed by atoms with E-state index in [-0.39, 0.29) is 11.7 Å². The second-order valence-electron chi connectivity index (χ2n) is 4.23. The molecule has 0 radical (unpaired) electrons. The number of rotatable bonds is 6. The summed E-state index contributed by atoms with van der Waals surface area (Å²) in [6.07, 6.45) is 4.72. The van der Waals surface area contributed by atoms with E-state index in [0.717, 1.165) is 5.56 Å². The summed E-state index contributed by atoms with van der Waals surface area (Å²) >= 11 is 1.22. The van der Waals surface area contributed by atoms with Gasteiger partial charge in [-0.3, -0.25) is 4.79 Å². The van der Waals surface area contributed by atoms with E-state index in [4.69, 9.17) is 0 Å². The Bertz CT molecular complexity index is 690. The number of thioether (sulfide) groups is 1. The lowest BCUT2D eigenvalue weighted by molar-refractivity contribution is -0.118. The summed E-state index contributed by atoms with van der Waals surface area (Å²) in [6, 6.07) is 8.36. The number of methoxy groups -OCH3 is 1. The monoisotopic (exact) mass is 330 g/mol. The second kappa shape index (κ2) is 8.64. The molecule has 0 spiro atoms. The highest BCUT2D eigenvalue weighted by atomic mass is 32.2. The van der Waals surface area contributed by atoms with Gasteiger partial charge in [-0.15, -0.1) is 0 Å². The van der Waals surface area contributed by atoms with Gasteiger partial charge in [0.25, 0.3) is 5.91 Å². The van der Waals surface area contributed by atoms with Crippen molar-refractivity contribution < 1.29 is 14.3 Å². The van der Waals surface area contributed by atoms with Crippen LogP contribution in [0.5, 0.6) is 0 Å². The summed E-state index contributed by atoms with van der Waals surface area (Å²) in [5.74, 6) is -0.491. The molecule has 1 amide bonds. The zero-order chi connectivity index (χ0) is 16.5. The topological polar surface area (TPSA) is 93.5 Å². The van der Waals surface area contributed by atoms with Crippen molar-refractivity contribution in [1.29, 1.82) is 0 Å². The van der Waals surface area contributed by atoms with Crippen LogP contribution in [0.1, 0.15) is 15.9 Å². The predicted octanol–water partition coefficient (Wildman–Crippen LogP) is 1.51. The number of benzene rings is 1. The zero-order valence-corrected chi connectivity index (χ0v) is 13.1. The molecule has 0 bridgehead atoms. The molecule has 0 unspecified atom stereocenters. The Labute approximate surface area is 137 Å². The van der Waals surface area contributed by atoms with Crippen LogP contribution >= 0.6 is 11.8 Å². The minimum atomic E-state index is -0.401. The van der Waals surface area contributed by atoms with Crippen molar-refractivity contribution in [3.8, 4) is 0 Å². The van der Waals surface area contributed by atoms with Gasteiger partial charge in [-0.05, 0) is 23.8 Å². The Morgan fingerprint density at radius 2 is 1.96 bits per heavy atom. The minimum absolute atomic E-state index is 0.169. The number of esters is 1. The highest BCUT2D eigenvalue weighted by molar-refractivity contribution is 7.99. The number of hydrazone groups is 1. The molecule has 1 heterocycles. The van der Waals surface area contributed by atoms with Gasteiger partial charge in [0.2, 0.25) is 0 Å². The van der Waals surface area contributed by atoms with Crippen molar-refractivity contribution in [3.63, 3.8) is 0 Å². The summed E-state index contributed by atoms with van der Waals surface area (Å²) < 4.78 is 4.61. The molecular formula is C15H14N4O3S. The van der Waals surface area contributed by atoms with Crippen molar-refractivity contribution in [3.05, 3.63) is 53.9 Å². The van der Waals surface area contributed by atoms with E-state index < -0.39 is 5.97 Å². The molecule has 118 valence electrons. The lowest BCUT2D eigenvalue weighted by Gasteiger charge is -2.00. The van der Waals surface area contributed by atoms with Crippen LogP contribution in [0.25, 0.3) is 0 Å². The molecule has 1 N–H and O–H groups in total. The number of carbonyl (C=O) groups is 2. The highest BCUT2D eigenvalue weighted by Gasteiger charge is 2.04. The maximum atomic E-state index is 11.6. The molecule has 0 saturated heterocycles. The van der Waals surface area contributed by atoms with E-state index in [1.54, 1.807) is 42.7 Å². The third kappa shape index (κ3) is 5.51.